The predicted octanol–water partition coefficient (Wildman–Crippen LogP) is 2.47. The molecule has 0 aliphatic heterocycles. The van der Waals surface area contributed by atoms with Gasteiger partial charge < -0.3 is 4.42 Å². The summed E-state index contributed by atoms with van der Waals surface area (Å²) in [5, 5.41) is 0. The standard InChI is InChI=1S/C8H8O/c1-2-3-4-8-5-6-9-7-8/h2,4-7H,1H3. The molecule has 0 fully saturated rings. The molecule has 0 aliphatic carbocycles. The summed E-state index contributed by atoms with van der Waals surface area (Å²) in [6, 6.07) is 1.89. The van der Waals surface area contributed by atoms with Gasteiger partial charge in [-0.3, -0.25) is 0 Å². The Hall–Kier alpha value is -1.20. The summed E-state index contributed by atoms with van der Waals surface area (Å²) in [6.07, 6.45) is 7.04. The highest BCUT2D eigenvalue weighted by molar-refractivity contribution is 5.45. The highest BCUT2D eigenvalue weighted by Crippen LogP contribution is 2.00. The van der Waals surface area contributed by atoms with Crippen LogP contribution in [0, 0.1) is 0 Å². The van der Waals surface area contributed by atoms with Gasteiger partial charge in [0.05, 0.1) is 12.5 Å². The minimum atomic E-state index is 1.05. The molecule has 0 amide bonds. The summed E-state index contributed by atoms with van der Waals surface area (Å²) in [5.74, 6) is 0. The number of furan rings is 1. The van der Waals surface area contributed by atoms with Crippen LogP contribution in [0.5, 0.6) is 0 Å². The lowest BCUT2D eigenvalue weighted by atomic mass is 10.3. The Morgan fingerprint density at radius 3 is 3.11 bits per heavy atom. The van der Waals surface area contributed by atoms with Crippen LogP contribution in [0.2, 0.25) is 0 Å². The highest BCUT2D eigenvalue weighted by atomic mass is 16.3. The molecule has 0 radical (unpaired) electrons. The fourth-order valence-corrected chi connectivity index (χ4v) is 0.537. The average Bonchev–Trinajstić information content (AvgIpc) is 2.34. The predicted molar refractivity (Wildman–Crippen MR) is 36.9 cm³/mol. The lowest BCUT2D eigenvalue weighted by Gasteiger charge is -1.71. The first-order valence-corrected chi connectivity index (χ1v) is 2.83. The van der Waals surface area contributed by atoms with E-state index >= 15 is 0 Å². The molecule has 0 saturated heterocycles. The van der Waals surface area contributed by atoms with E-state index in [2.05, 4.69) is 5.73 Å². The first-order chi connectivity index (χ1) is 4.43. The van der Waals surface area contributed by atoms with Gasteiger partial charge in [0.15, 0.2) is 0 Å². The van der Waals surface area contributed by atoms with Crippen molar-refractivity contribution >= 4 is 6.08 Å². The molecule has 0 bridgehead atoms. The van der Waals surface area contributed by atoms with Gasteiger partial charge in [-0.1, -0.05) is 0 Å². The third kappa shape index (κ3) is 1.63. The quantitative estimate of drug-likeness (QED) is 0.519. The zero-order valence-electron chi connectivity index (χ0n) is 5.29. The van der Waals surface area contributed by atoms with E-state index in [9.17, 15) is 0 Å². The van der Waals surface area contributed by atoms with E-state index in [0.29, 0.717) is 0 Å². The van der Waals surface area contributed by atoms with E-state index in [-0.39, 0.29) is 0 Å². The zero-order valence-corrected chi connectivity index (χ0v) is 5.29. The van der Waals surface area contributed by atoms with Gasteiger partial charge in [0, 0.05) is 5.56 Å². The zero-order chi connectivity index (χ0) is 6.53. The molecule has 0 saturated carbocycles. The van der Waals surface area contributed by atoms with Crippen molar-refractivity contribution in [3.05, 3.63) is 36.0 Å². The highest BCUT2D eigenvalue weighted by Gasteiger charge is 1.81. The minimum Gasteiger partial charge on any atom is -0.472 e. The molecule has 9 heavy (non-hydrogen) atoms. The van der Waals surface area contributed by atoms with Gasteiger partial charge in [0.25, 0.3) is 0 Å². The van der Waals surface area contributed by atoms with Gasteiger partial charge in [0.2, 0.25) is 0 Å². The second-order valence-corrected chi connectivity index (χ2v) is 1.66. The smallest absolute Gasteiger partial charge is 0.0981 e. The Morgan fingerprint density at radius 2 is 2.56 bits per heavy atom. The summed E-state index contributed by atoms with van der Waals surface area (Å²) in [4.78, 5) is 0. The topological polar surface area (TPSA) is 13.1 Å². The van der Waals surface area contributed by atoms with Gasteiger partial charge in [-0.15, -0.1) is 5.73 Å². The Balaban J connectivity index is 2.80. The number of hydrogen-bond acceptors (Lipinski definition) is 1. The van der Waals surface area contributed by atoms with Crippen molar-refractivity contribution in [3.8, 4) is 0 Å². The second kappa shape index (κ2) is 2.95. The third-order valence-corrected chi connectivity index (χ3v) is 0.960. The molecule has 46 valence electrons. The third-order valence-electron chi connectivity index (χ3n) is 0.960. The van der Waals surface area contributed by atoms with Crippen LogP contribution in [0.15, 0.2) is 34.8 Å². The van der Waals surface area contributed by atoms with Crippen molar-refractivity contribution in [1.29, 1.82) is 0 Å². The van der Waals surface area contributed by atoms with E-state index in [0.717, 1.165) is 5.56 Å². The maximum Gasteiger partial charge on any atom is 0.0981 e. The van der Waals surface area contributed by atoms with Crippen LogP contribution >= 0.6 is 0 Å². The van der Waals surface area contributed by atoms with Crippen molar-refractivity contribution in [2.75, 3.05) is 0 Å². The SMILES string of the molecule is CC=C=Cc1ccoc1. The van der Waals surface area contributed by atoms with Gasteiger partial charge in [0.1, 0.15) is 0 Å². The van der Waals surface area contributed by atoms with Crippen molar-refractivity contribution in [2.24, 2.45) is 0 Å². The summed E-state index contributed by atoms with van der Waals surface area (Å²) < 4.78 is 4.83. The molecule has 1 nitrogen and oxygen atoms in total. The number of allylic oxidation sites excluding steroid dienone is 1. The molecule has 1 heteroatoms. The van der Waals surface area contributed by atoms with Crippen LogP contribution in [0.4, 0.5) is 0 Å². The monoisotopic (exact) mass is 120 g/mol. The van der Waals surface area contributed by atoms with Crippen molar-refractivity contribution in [3.63, 3.8) is 0 Å². The van der Waals surface area contributed by atoms with Crippen LogP contribution in [0.3, 0.4) is 0 Å². The van der Waals surface area contributed by atoms with Crippen molar-refractivity contribution in [2.45, 2.75) is 6.92 Å². The van der Waals surface area contributed by atoms with E-state index in [1.807, 2.05) is 25.1 Å². The number of hydrogen-bond donors (Lipinski definition) is 0. The molecular weight excluding hydrogens is 112 g/mol. The maximum atomic E-state index is 4.83. The Labute approximate surface area is 54.3 Å². The van der Waals surface area contributed by atoms with E-state index in [4.69, 9.17) is 4.42 Å². The van der Waals surface area contributed by atoms with Gasteiger partial charge in [-0.2, -0.15) is 0 Å². The van der Waals surface area contributed by atoms with Crippen molar-refractivity contribution in [1.82, 2.24) is 0 Å². The largest absolute Gasteiger partial charge is 0.472 e. The first kappa shape index (κ1) is 5.93. The lowest BCUT2D eigenvalue weighted by molar-refractivity contribution is 0.567. The van der Waals surface area contributed by atoms with Crippen LogP contribution in [0.25, 0.3) is 6.08 Å². The molecule has 1 aromatic heterocycles. The fourth-order valence-electron chi connectivity index (χ4n) is 0.537. The van der Waals surface area contributed by atoms with Gasteiger partial charge in [-0.05, 0) is 25.1 Å². The molecule has 1 aromatic rings. The summed E-state index contributed by atoms with van der Waals surface area (Å²) in [7, 11) is 0. The Kier molecular flexibility index (Phi) is 1.95. The molecular formula is C8H8O. The molecule has 0 aromatic carbocycles. The van der Waals surface area contributed by atoms with Crippen molar-refractivity contribution < 1.29 is 4.42 Å². The summed E-state index contributed by atoms with van der Waals surface area (Å²) >= 11 is 0. The molecule has 0 N–H and O–H groups in total. The van der Waals surface area contributed by atoms with Crippen LogP contribution in [0.1, 0.15) is 12.5 Å². The van der Waals surface area contributed by atoms with E-state index in [1.165, 1.54) is 0 Å². The van der Waals surface area contributed by atoms with Crippen LogP contribution < -0.4 is 0 Å². The van der Waals surface area contributed by atoms with E-state index < -0.39 is 0 Å². The second-order valence-electron chi connectivity index (χ2n) is 1.66. The number of rotatable bonds is 1. The summed E-state index contributed by atoms with van der Waals surface area (Å²) in [6.45, 7) is 1.93. The molecule has 0 atom stereocenters. The molecule has 1 rings (SSSR count). The Bertz CT molecular complexity index is 213. The first-order valence-electron chi connectivity index (χ1n) is 2.83. The molecule has 0 aliphatic rings. The average molecular weight is 120 g/mol. The molecule has 1 heterocycles. The lowest BCUT2D eigenvalue weighted by Crippen LogP contribution is -1.53. The van der Waals surface area contributed by atoms with E-state index in [1.54, 1.807) is 12.5 Å². The van der Waals surface area contributed by atoms with Crippen LogP contribution in [-0.2, 0) is 0 Å². The molecule has 0 unspecified atom stereocenters. The maximum absolute atomic E-state index is 4.83. The normalized spacial score (nSPS) is 8.11. The Morgan fingerprint density at radius 1 is 1.67 bits per heavy atom. The van der Waals surface area contributed by atoms with Crippen LogP contribution in [-0.4, -0.2) is 0 Å². The summed E-state index contributed by atoms with van der Waals surface area (Å²) in [5.41, 5.74) is 3.99. The van der Waals surface area contributed by atoms with Gasteiger partial charge >= 0.3 is 0 Å². The van der Waals surface area contributed by atoms with Gasteiger partial charge in [-0.25, -0.2) is 0 Å². The molecule has 0 spiro atoms. The fraction of sp³-hybridized carbons (Fsp3) is 0.125. The minimum absolute atomic E-state index is 1.05.